The maximum Gasteiger partial charge on any atom is 0.244 e. The van der Waals surface area contributed by atoms with Gasteiger partial charge in [0.2, 0.25) is 21.7 Å². The molecule has 1 aliphatic heterocycles. The second kappa shape index (κ2) is 9.06. The van der Waals surface area contributed by atoms with Crippen LogP contribution in [0.5, 0.6) is 0 Å². The van der Waals surface area contributed by atoms with Crippen molar-refractivity contribution in [1.82, 2.24) is 19.4 Å². The lowest BCUT2D eigenvalue weighted by Crippen LogP contribution is -2.32. The quantitative estimate of drug-likeness (QED) is 0.546. The van der Waals surface area contributed by atoms with Crippen molar-refractivity contribution >= 4 is 21.8 Å². The van der Waals surface area contributed by atoms with Crippen molar-refractivity contribution < 1.29 is 12.9 Å². The van der Waals surface area contributed by atoms with E-state index in [4.69, 9.17) is 4.52 Å². The van der Waals surface area contributed by atoms with Crippen LogP contribution in [0.2, 0.25) is 0 Å². The highest BCUT2D eigenvalue weighted by molar-refractivity contribution is 7.98. The van der Waals surface area contributed by atoms with Crippen molar-refractivity contribution in [1.29, 1.82) is 0 Å². The standard InChI is InChI=1S/C20H22N4O3S2/c25-29(26,24-12-6-1-2-7-13-24)17-10-11-19(21-14-17)28-15-18-22-20(23-27-18)16-8-4-3-5-9-16/h3-5,8-11,14H,1-2,6-7,12-13,15H2. The van der Waals surface area contributed by atoms with Crippen molar-refractivity contribution in [2.24, 2.45) is 0 Å². The Labute approximate surface area is 174 Å². The van der Waals surface area contributed by atoms with Gasteiger partial charge in [0.15, 0.2) is 0 Å². The van der Waals surface area contributed by atoms with E-state index in [2.05, 4.69) is 15.1 Å². The molecule has 4 rings (SSSR count). The van der Waals surface area contributed by atoms with Gasteiger partial charge in [-0.3, -0.25) is 0 Å². The molecule has 0 saturated carbocycles. The Morgan fingerprint density at radius 1 is 1.00 bits per heavy atom. The summed E-state index contributed by atoms with van der Waals surface area (Å²) in [6.45, 7) is 1.17. The van der Waals surface area contributed by atoms with E-state index in [0.29, 0.717) is 35.6 Å². The molecule has 1 aromatic carbocycles. The molecule has 0 N–H and O–H groups in total. The number of thioether (sulfide) groups is 1. The number of hydrogen-bond donors (Lipinski definition) is 0. The predicted octanol–water partition coefficient (Wildman–Crippen LogP) is 3.99. The van der Waals surface area contributed by atoms with E-state index in [1.807, 2.05) is 30.3 Å². The van der Waals surface area contributed by atoms with Crippen LogP contribution in [0.1, 0.15) is 31.6 Å². The number of nitrogens with zero attached hydrogens (tertiary/aromatic N) is 4. The van der Waals surface area contributed by atoms with Gasteiger partial charge >= 0.3 is 0 Å². The van der Waals surface area contributed by atoms with Crippen LogP contribution in [0.4, 0.5) is 0 Å². The highest BCUT2D eigenvalue weighted by Crippen LogP contribution is 2.25. The summed E-state index contributed by atoms with van der Waals surface area (Å²) in [5.74, 6) is 1.51. The molecule has 7 nitrogen and oxygen atoms in total. The molecule has 0 unspecified atom stereocenters. The second-order valence-corrected chi connectivity index (χ2v) is 9.75. The first kappa shape index (κ1) is 20.1. The summed E-state index contributed by atoms with van der Waals surface area (Å²) in [6, 6.07) is 13.0. The number of rotatable bonds is 6. The lowest BCUT2D eigenvalue weighted by Gasteiger charge is -2.19. The van der Waals surface area contributed by atoms with E-state index >= 15 is 0 Å². The van der Waals surface area contributed by atoms with E-state index in [1.165, 1.54) is 18.0 Å². The molecule has 0 amide bonds. The molecule has 9 heteroatoms. The number of benzene rings is 1. The van der Waals surface area contributed by atoms with E-state index in [-0.39, 0.29) is 4.90 Å². The molecular weight excluding hydrogens is 408 g/mol. The van der Waals surface area contributed by atoms with Crippen LogP contribution >= 0.6 is 11.8 Å². The van der Waals surface area contributed by atoms with Gasteiger partial charge in [0.05, 0.1) is 10.8 Å². The van der Waals surface area contributed by atoms with Gasteiger partial charge in [-0.05, 0) is 25.0 Å². The first-order valence-corrected chi connectivity index (χ1v) is 12.0. The summed E-state index contributed by atoms with van der Waals surface area (Å²) in [5, 5.41) is 4.71. The fraction of sp³-hybridized carbons (Fsp3) is 0.350. The summed E-state index contributed by atoms with van der Waals surface area (Å²) >= 11 is 1.42. The molecule has 0 spiro atoms. The van der Waals surface area contributed by atoms with Gasteiger partial charge in [0.1, 0.15) is 4.90 Å². The van der Waals surface area contributed by atoms with Crippen LogP contribution < -0.4 is 0 Å². The molecule has 0 atom stereocenters. The van der Waals surface area contributed by atoms with Crippen LogP contribution in [0.3, 0.4) is 0 Å². The Balaban J connectivity index is 1.39. The highest BCUT2D eigenvalue weighted by atomic mass is 32.2. The summed E-state index contributed by atoms with van der Waals surface area (Å²) in [5.41, 5.74) is 0.897. The maximum absolute atomic E-state index is 12.8. The number of aromatic nitrogens is 3. The normalized spacial score (nSPS) is 15.9. The first-order valence-electron chi connectivity index (χ1n) is 9.60. The Kier molecular flexibility index (Phi) is 6.27. The zero-order valence-corrected chi connectivity index (χ0v) is 17.5. The average molecular weight is 431 g/mol. The summed E-state index contributed by atoms with van der Waals surface area (Å²) in [7, 11) is -3.48. The molecule has 3 heterocycles. The van der Waals surface area contributed by atoms with Gasteiger partial charge in [-0.2, -0.15) is 9.29 Å². The monoisotopic (exact) mass is 430 g/mol. The number of hydrogen-bond acceptors (Lipinski definition) is 7. The van der Waals surface area contributed by atoms with Crippen molar-refractivity contribution in [3.63, 3.8) is 0 Å². The lowest BCUT2D eigenvalue weighted by atomic mass is 10.2. The highest BCUT2D eigenvalue weighted by Gasteiger charge is 2.25. The molecule has 2 aromatic heterocycles. The van der Waals surface area contributed by atoms with Gasteiger partial charge in [0.25, 0.3) is 0 Å². The Morgan fingerprint density at radius 2 is 1.76 bits per heavy atom. The van der Waals surface area contributed by atoms with Gasteiger partial charge in [-0.15, -0.1) is 0 Å². The first-order chi connectivity index (χ1) is 14.1. The second-order valence-electron chi connectivity index (χ2n) is 6.82. The van der Waals surface area contributed by atoms with Crippen LogP contribution in [0.25, 0.3) is 11.4 Å². The third-order valence-corrected chi connectivity index (χ3v) is 7.57. The minimum atomic E-state index is -3.48. The third kappa shape index (κ3) is 4.85. The van der Waals surface area contributed by atoms with Gasteiger partial charge in [-0.25, -0.2) is 13.4 Å². The zero-order chi connectivity index (χ0) is 20.1. The molecular formula is C20H22N4O3S2. The Hall–Kier alpha value is -2.23. The van der Waals surface area contributed by atoms with Crippen molar-refractivity contribution in [3.8, 4) is 11.4 Å². The topological polar surface area (TPSA) is 89.2 Å². The zero-order valence-electron chi connectivity index (χ0n) is 15.9. The SMILES string of the molecule is O=S(=O)(c1ccc(SCc2nc(-c3ccccc3)no2)nc1)N1CCCCCC1. The smallest absolute Gasteiger partial charge is 0.244 e. The molecule has 0 bridgehead atoms. The molecule has 1 aliphatic rings. The molecule has 0 aliphatic carbocycles. The van der Waals surface area contributed by atoms with E-state index < -0.39 is 10.0 Å². The molecule has 3 aromatic rings. The molecule has 1 saturated heterocycles. The number of sulfonamides is 1. The average Bonchev–Trinajstić information content (AvgIpc) is 3.05. The molecule has 0 radical (unpaired) electrons. The predicted molar refractivity (Wildman–Crippen MR) is 111 cm³/mol. The van der Waals surface area contributed by atoms with Crippen LogP contribution in [0, 0.1) is 0 Å². The van der Waals surface area contributed by atoms with Crippen molar-refractivity contribution in [2.75, 3.05) is 13.1 Å². The van der Waals surface area contributed by atoms with Crippen molar-refractivity contribution in [3.05, 3.63) is 54.6 Å². The Morgan fingerprint density at radius 3 is 2.45 bits per heavy atom. The van der Waals surface area contributed by atoms with Crippen LogP contribution in [0.15, 0.2) is 63.1 Å². The summed E-state index contributed by atoms with van der Waals surface area (Å²) in [4.78, 5) is 8.95. The lowest BCUT2D eigenvalue weighted by molar-refractivity contribution is 0.391. The maximum atomic E-state index is 12.8. The van der Waals surface area contributed by atoms with Crippen molar-refractivity contribution in [2.45, 2.75) is 41.4 Å². The third-order valence-electron chi connectivity index (χ3n) is 4.76. The van der Waals surface area contributed by atoms with E-state index in [1.54, 1.807) is 16.4 Å². The largest absolute Gasteiger partial charge is 0.338 e. The van der Waals surface area contributed by atoms with E-state index in [0.717, 1.165) is 31.2 Å². The number of pyridine rings is 1. The fourth-order valence-corrected chi connectivity index (χ4v) is 5.33. The fourth-order valence-electron chi connectivity index (χ4n) is 3.19. The summed E-state index contributed by atoms with van der Waals surface area (Å²) in [6.07, 6.45) is 5.43. The molecule has 29 heavy (non-hydrogen) atoms. The minimum absolute atomic E-state index is 0.243. The van der Waals surface area contributed by atoms with E-state index in [9.17, 15) is 8.42 Å². The molecule has 152 valence electrons. The minimum Gasteiger partial charge on any atom is -0.338 e. The molecule has 1 fully saturated rings. The van der Waals surface area contributed by atoms with Gasteiger partial charge < -0.3 is 4.52 Å². The van der Waals surface area contributed by atoms with Crippen LogP contribution in [-0.4, -0.2) is 40.9 Å². The van der Waals surface area contributed by atoms with Gasteiger partial charge in [0, 0.05) is 24.8 Å². The van der Waals surface area contributed by atoms with Gasteiger partial charge in [-0.1, -0.05) is 60.1 Å². The summed E-state index contributed by atoms with van der Waals surface area (Å²) < 4.78 is 32.5. The van der Waals surface area contributed by atoms with Crippen LogP contribution in [-0.2, 0) is 15.8 Å². The Bertz CT molecular complexity index is 1030.